The first-order chi connectivity index (χ1) is 17.5. The van der Waals surface area contributed by atoms with E-state index in [0.717, 1.165) is 39.0 Å². The first kappa shape index (κ1) is 22.4. The number of rotatable bonds is 5. The molecule has 2 unspecified atom stereocenters. The van der Waals surface area contributed by atoms with Crippen LogP contribution in [0, 0.1) is 0 Å². The molecular weight excluding hydrogens is 450 g/mol. The number of benzene rings is 3. The van der Waals surface area contributed by atoms with Crippen molar-refractivity contribution in [1.29, 1.82) is 0 Å². The second-order valence-electron chi connectivity index (χ2n) is 9.97. The summed E-state index contributed by atoms with van der Waals surface area (Å²) >= 11 is 0. The number of H-pyrrole nitrogens is 1. The number of nitrogens with zero attached hydrogens (tertiary/aromatic N) is 2. The zero-order valence-corrected chi connectivity index (χ0v) is 20.7. The van der Waals surface area contributed by atoms with Gasteiger partial charge in [-0.3, -0.25) is 14.6 Å². The summed E-state index contributed by atoms with van der Waals surface area (Å²) in [5.74, 6) is 1.01. The number of hydrogen-bond acceptors (Lipinski definition) is 3. The number of hydrogen-bond donors (Lipinski definition) is 1. The summed E-state index contributed by atoms with van der Waals surface area (Å²) in [5.41, 5.74) is 6.29. The Labute approximate surface area is 210 Å². The molecule has 3 amide bonds. The number of aromatic nitrogens is 1. The van der Waals surface area contributed by atoms with Crippen molar-refractivity contribution in [3.63, 3.8) is 0 Å². The van der Waals surface area contributed by atoms with Gasteiger partial charge in [0.15, 0.2) is 0 Å². The third-order valence-electron chi connectivity index (χ3n) is 7.55. The van der Waals surface area contributed by atoms with Crippen molar-refractivity contribution < 1.29 is 14.3 Å². The highest BCUT2D eigenvalue weighted by Crippen LogP contribution is 2.44. The van der Waals surface area contributed by atoms with Crippen molar-refractivity contribution in [3.8, 4) is 5.75 Å². The third-order valence-corrected chi connectivity index (χ3v) is 7.55. The van der Waals surface area contributed by atoms with Crippen LogP contribution in [0.2, 0.25) is 0 Å². The summed E-state index contributed by atoms with van der Waals surface area (Å²) < 4.78 is 5.25. The highest BCUT2D eigenvalue weighted by Gasteiger charge is 2.52. The Hall–Kier alpha value is -4.06. The molecule has 0 radical (unpaired) electrons. The molecule has 1 fully saturated rings. The standard InChI is InChI=1S/C30H29N3O3/c1-18(2)20-10-12-21(13-11-20)28-27-24(23-6-4-5-7-25(23)31-27)16-26-29(34)32(30(35)33(26)28)17-19-8-14-22(36-3)15-9-19/h4-15,18,26,28,31H,16-17H2,1-3H3. The lowest BCUT2D eigenvalue weighted by Crippen LogP contribution is -2.44. The minimum atomic E-state index is -0.530. The molecule has 1 saturated heterocycles. The molecule has 0 aliphatic carbocycles. The summed E-state index contributed by atoms with van der Waals surface area (Å²) in [7, 11) is 1.62. The summed E-state index contributed by atoms with van der Waals surface area (Å²) in [5, 5.41) is 1.12. The van der Waals surface area contributed by atoms with Crippen LogP contribution in [0.5, 0.6) is 5.75 Å². The van der Waals surface area contributed by atoms with Gasteiger partial charge in [0.2, 0.25) is 0 Å². The lowest BCUT2D eigenvalue weighted by atomic mass is 9.88. The minimum Gasteiger partial charge on any atom is -0.497 e. The number of nitrogens with one attached hydrogen (secondary N) is 1. The maximum Gasteiger partial charge on any atom is 0.328 e. The number of carbonyl (C=O) groups is 2. The number of methoxy groups -OCH3 is 1. The molecular formula is C30H29N3O3. The van der Waals surface area contributed by atoms with Crippen LogP contribution < -0.4 is 4.74 Å². The average molecular weight is 480 g/mol. The van der Waals surface area contributed by atoms with Gasteiger partial charge in [0.25, 0.3) is 5.91 Å². The van der Waals surface area contributed by atoms with Crippen molar-refractivity contribution in [1.82, 2.24) is 14.8 Å². The quantitative estimate of drug-likeness (QED) is 0.369. The van der Waals surface area contributed by atoms with Gasteiger partial charge in [-0.25, -0.2) is 4.79 Å². The fourth-order valence-electron chi connectivity index (χ4n) is 5.60. The number of fused-ring (bicyclic) bond motifs is 4. The Bertz CT molecular complexity index is 1450. The van der Waals surface area contributed by atoms with Crippen LogP contribution in [0.15, 0.2) is 72.8 Å². The fourth-order valence-corrected chi connectivity index (χ4v) is 5.60. The molecule has 36 heavy (non-hydrogen) atoms. The lowest BCUT2D eigenvalue weighted by Gasteiger charge is -2.36. The number of aromatic amines is 1. The minimum absolute atomic E-state index is 0.143. The molecule has 6 heteroatoms. The zero-order valence-electron chi connectivity index (χ0n) is 20.7. The van der Waals surface area contributed by atoms with Crippen molar-refractivity contribution in [3.05, 3.63) is 101 Å². The van der Waals surface area contributed by atoms with Crippen LogP contribution in [-0.4, -0.2) is 39.9 Å². The highest BCUT2D eigenvalue weighted by atomic mass is 16.5. The highest BCUT2D eigenvalue weighted by molar-refractivity contribution is 6.05. The predicted molar refractivity (Wildman–Crippen MR) is 139 cm³/mol. The van der Waals surface area contributed by atoms with Crippen molar-refractivity contribution in [2.45, 2.75) is 44.8 Å². The van der Waals surface area contributed by atoms with Gasteiger partial charge in [-0.05, 0) is 46.4 Å². The number of urea groups is 1. The molecule has 6 nitrogen and oxygen atoms in total. The maximum absolute atomic E-state index is 13.9. The van der Waals surface area contributed by atoms with Gasteiger partial charge in [-0.2, -0.15) is 0 Å². The molecule has 1 N–H and O–H groups in total. The van der Waals surface area contributed by atoms with E-state index in [1.807, 2.05) is 36.4 Å². The Balaban J connectivity index is 1.43. The topological polar surface area (TPSA) is 65.6 Å². The van der Waals surface area contributed by atoms with E-state index in [1.54, 1.807) is 12.0 Å². The van der Waals surface area contributed by atoms with E-state index in [2.05, 4.69) is 55.2 Å². The number of ether oxygens (including phenoxy) is 1. The molecule has 2 aliphatic heterocycles. The van der Waals surface area contributed by atoms with Gasteiger partial charge in [0, 0.05) is 23.0 Å². The average Bonchev–Trinajstić information content (AvgIpc) is 3.38. The van der Waals surface area contributed by atoms with Crippen LogP contribution in [-0.2, 0) is 17.8 Å². The van der Waals surface area contributed by atoms with Gasteiger partial charge in [0.1, 0.15) is 17.8 Å². The van der Waals surface area contributed by atoms with Crippen LogP contribution in [0.3, 0.4) is 0 Å². The Morgan fingerprint density at radius 1 is 0.972 bits per heavy atom. The first-order valence-corrected chi connectivity index (χ1v) is 12.4. The molecule has 0 spiro atoms. The Morgan fingerprint density at radius 3 is 2.39 bits per heavy atom. The van der Waals surface area contributed by atoms with E-state index in [1.165, 1.54) is 10.5 Å². The summed E-state index contributed by atoms with van der Waals surface area (Å²) in [6.07, 6.45) is 0.504. The van der Waals surface area contributed by atoms with Crippen LogP contribution in [0.4, 0.5) is 4.79 Å². The lowest BCUT2D eigenvalue weighted by molar-refractivity contribution is -0.129. The van der Waals surface area contributed by atoms with Crippen LogP contribution in [0.25, 0.3) is 10.9 Å². The monoisotopic (exact) mass is 479 g/mol. The van der Waals surface area contributed by atoms with Crippen LogP contribution >= 0.6 is 0 Å². The largest absolute Gasteiger partial charge is 0.497 e. The molecule has 3 heterocycles. The number of amides is 3. The molecule has 4 aromatic rings. The second-order valence-corrected chi connectivity index (χ2v) is 9.97. The molecule has 0 bridgehead atoms. The van der Waals surface area contributed by atoms with Crippen molar-refractivity contribution in [2.75, 3.05) is 7.11 Å². The Morgan fingerprint density at radius 2 is 1.69 bits per heavy atom. The number of carbonyl (C=O) groups excluding carboxylic acids is 2. The molecule has 1 aromatic heterocycles. The van der Waals surface area contributed by atoms with E-state index in [4.69, 9.17) is 4.74 Å². The normalized spacial score (nSPS) is 19.2. The number of imide groups is 1. The SMILES string of the molecule is COc1ccc(CN2C(=O)C3Cc4c([nH]c5ccccc45)C(c4ccc(C(C)C)cc4)N3C2=O)cc1. The molecule has 2 atom stereocenters. The maximum atomic E-state index is 13.9. The fraction of sp³-hybridized carbons (Fsp3) is 0.267. The van der Waals surface area contributed by atoms with E-state index < -0.39 is 6.04 Å². The van der Waals surface area contributed by atoms with Crippen LogP contribution in [0.1, 0.15) is 53.8 Å². The molecule has 3 aromatic carbocycles. The molecule has 6 rings (SSSR count). The number of para-hydroxylation sites is 1. The van der Waals surface area contributed by atoms with E-state index in [9.17, 15) is 9.59 Å². The Kier molecular flexibility index (Phi) is 5.32. The summed E-state index contributed by atoms with van der Waals surface area (Å²) in [4.78, 5) is 34.3. The second kappa shape index (κ2) is 8.55. The van der Waals surface area contributed by atoms with Crippen molar-refractivity contribution in [2.24, 2.45) is 0 Å². The van der Waals surface area contributed by atoms with Gasteiger partial charge in [0.05, 0.1) is 13.7 Å². The predicted octanol–water partition coefficient (Wildman–Crippen LogP) is 5.78. The van der Waals surface area contributed by atoms with Gasteiger partial charge < -0.3 is 9.72 Å². The summed E-state index contributed by atoms with van der Waals surface area (Å²) in [6, 6.07) is 23.0. The van der Waals surface area contributed by atoms with Crippen molar-refractivity contribution >= 4 is 22.8 Å². The molecule has 0 saturated carbocycles. The summed E-state index contributed by atoms with van der Waals surface area (Å²) in [6.45, 7) is 4.57. The first-order valence-electron chi connectivity index (χ1n) is 12.4. The molecule has 182 valence electrons. The van der Waals surface area contributed by atoms with Gasteiger partial charge in [-0.1, -0.05) is 68.4 Å². The van der Waals surface area contributed by atoms with Gasteiger partial charge in [-0.15, -0.1) is 0 Å². The van der Waals surface area contributed by atoms with Gasteiger partial charge >= 0.3 is 6.03 Å². The zero-order chi connectivity index (χ0) is 25.0. The van der Waals surface area contributed by atoms with E-state index in [0.29, 0.717) is 12.3 Å². The van der Waals surface area contributed by atoms with E-state index >= 15 is 0 Å². The van der Waals surface area contributed by atoms with E-state index in [-0.39, 0.29) is 24.5 Å². The third kappa shape index (κ3) is 3.48. The smallest absolute Gasteiger partial charge is 0.328 e. The molecule has 2 aliphatic rings.